The Morgan fingerprint density at radius 1 is 1.30 bits per heavy atom. The van der Waals surface area contributed by atoms with E-state index in [2.05, 4.69) is 16.1 Å². The largest absolute Gasteiger partial charge is 0.361 e. The molecule has 160 valence electrons. The van der Waals surface area contributed by atoms with Gasteiger partial charge in [-0.1, -0.05) is 18.2 Å². The quantitative estimate of drug-likeness (QED) is 0.654. The Bertz CT molecular complexity index is 1190. The van der Waals surface area contributed by atoms with Crippen LogP contribution in [-0.2, 0) is 27.6 Å². The van der Waals surface area contributed by atoms with Crippen LogP contribution < -0.4 is 0 Å². The Morgan fingerprint density at radius 2 is 2.07 bits per heavy atom. The highest BCUT2D eigenvalue weighted by Gasteiger charge is 2.31. The predicted molar refractivity (Wildman–Crippen MR) is 117 cm³/mol. The predicted octanol–water partition coefficient (Wildman–Crippen LogP) is 2.93. The molecule has 8 heteroatoms. The highest BCUT2D eigenvalue weighted by molar-refractivity contribution is 7.91. The number of nitrogens with zero attached hydrogens (tertiary/aromatic N) is 3. The summed E-state index contributed by atoms with van der Waals surface area (Å²) >= 11 is 0. The summed E-state index contributed by atoms with van der Waals surface area (Å²) in [5, 5.41) is 5.76. The van der Waals surface area contributed by atoms with Gasteiger partial charge in [0.15, 0.2) is 9.84 Å². The Balaban J connectivity index is 1.42. The van der Waals surface area contributed by atoms with Crippen LogP contribution in [0.25, 0.3) is 10.9 Å². The van der Waals surface area contributed by atoms with Gasteiger partial charge >= 0.3 is 0 Å². The van der Waals surface area contributed by atoms with Crippen molar-refractivity contribution < 1.29 is 13.2 Å². The summed E-state index contributed by atoms with van der Waals surface area (Å²) in [6, 6.07) is 8.00. The van der Waals surface area contributed by atoms with Gasteiger partial charge in [-0.3, -0.25) is 9.48 Å². The molecule has 0 bridgehead atoms. The first-order chi connectivity index (χ1) is 14.2. The van der Waals surface area contributed by atoms with Crippen LogP contribution >= 0.6 is 0 Å². The smallest absolute Gasteiger partial charge is 0.222 e. The fourth-order valence-corrected chi connectivity index (χ4v) is 6.04. The molecule has 3 heterocycles. The molecule has 4 rings (SSSR count). The van der Waals surface area contributed by atoms with Crippen molar-refractivity contribution in [1.29, 1.82) is 0 Å². The monoisotopic (exact) mass is 428 g/mol. The van der Waals surface area contributed by atoms with Crippen molar-refractivity contribution in [1.82, 2.24) is 19.7 Å². The number of carbonyl (C=O) groups excluding carboxylic acids is 1. The number of para-hydroxylation sites is 1. The third kappa shape index (κ3) is 4.01. The highest BCUT2D eigenvalue weighted by atomic mass is 32.2. The van der Waals surface area contributed by atoms with Crippen molar-refractivity contribution in [2.75, 3.05) is 18.6 Å². The SMILES string of the molecule is Cc1nn(C2CCS(=O)(=O)C2)c(C)c1CN(C)C(=O)CCc1c[nH]c2ccccc12. The Labute approximate surface area is 177 Å². The summed E-state index contributed by atoms with van der Waals surface area (Å²) < 4.78 is 25.5. The zero-order chi connectivity index (χ0) is 21.5. The summed E-state index contributed by atoms with van der Waals surface area (Å²) in [5.74, 6) is 0.445. The standard InChI is InChI=1S/C22H28N4O3S/c1-15-20(16(2)26(24-15)18-10-11-30(28,29)14-18)13-25(3)22(27)9-8-17-12-23-21-7-5-4-6-19(17)21/h4-7,12,18,23H,8-11,13-14H2,1-3H3. The number of nitrogens with one attached hydrogen (secondary N) is 1. The Hall–Kier alpha value is -2.61. The molecular weight excluding hydrogens is 400 g/mol. The number of aromatic amines is 1. The van der Waals surface area contributed by atoms with Crippen LogP contribution in [0.2, 0.25) is 0 Å². The molecule has 1 fully saturated rings. The Morgan fingerprint density at radius 3 is 2.80 bits per heavy atom. The van der Waals surface area contributed by atoms with E-state index in [9.17, 15) is 13.2 Å². The van der Waals surface area contributed by atoms with E-state index in [4.69, 9.17) is 0 Å². The van der Waals surface area contributed by atoms with Gasteiger partial charge in [-0.05, 0) is 38.3 Å². The fraction of sp³-hybridized carbons (Fsp3) is 0.455. The molecule has 1 atom stereocenters. The minimum absolute atomic E-state index is 0.0790. The number of benzene rings is 1. The summed E-state index contributed by atoms with van der Waals surface area (Å²) in [6.45, 7) is 4.36. The summed E-state index contributed by atoms with van der Waals surface area (Å²) in [4.78, 5) is 17.7. The molecule has 1 aromatic carbocycles. The molecule has 1 saturated heterocycles. The lowest BCUT2D eigenvalue weighted by Crippen LogP contribution is -2.27. The van der Waals surface area contributed by atoms with E-state index < -0.39 is 9.84 Å². The van der Waals surface area contributed by atoms with Crippen LogP contribution in [0.5, 0.6) is 0 Å². The van der Waals surface area contributed by atoms with E-state index in [0.29, 0.717) is 25.8 Å². The number of fused-ring (bicyclic) bond motifs is 1. The molecule has 30 heavy (non-hydrogen) atoms. The first-order valence-corrected chi connectivity index (χ1v) is 12.1. The van der Waals surface area contributed by atoms with Gasteiger partial charge in [0.2, 0.25) is 5.91 Å². The van der Waals surface area contributed by atoms with Crippen LogP contribution in [-0.4, -0.2) is 52.5 Å². The highest BCUT2D eigenvalue weighted by Crippen LogP contribution is 2.27. The summed E-state index contributed by atoms with van der Waals surface area (Å²) in [6.07, 6.45) is 3.70. The average Bonchev–Trinajstić information content (AvgIpc) is 3.37. The van der Waals surface area contributed by atoms with E-state index >= 15 is 0 Å². The molecule has 1 aliphatic rings. The number of hydrogen-bond acceptors (Lipinski definition) is 4. The number of carbonyl (C=O) groups is 1. The van der Waals surface area contributed by atoms with E-state index in [-0.39, 0.29) is 23.5 Å². The molecule has 1 unspecified atom stereocenters. The molecule has 1 amide bonds. The average molecular weight is 429 g/mol. The third-order valence-electron chi connectivity index (χ3n) is 6.13. The first kappa shape index (κ1) is 20.7. The molecule has 2 aromatic heterocycles. The van der Waals surface area contributed by atoms with Crippen molar-refractivity contribution in [3.8, 4) is 0 Å². The maximum absolute atomic E-state index is 12.8. The Kier molecular flexibility index (Phi) is 5.44. The van der Waals surface area contributed by atoms with Gasteiger partial charge in [0.05, 0.1) is 23.2 Å². The molecular formula is C22H28N4O3S. The molecule has 1 aliphatic heterocycles. The second kappa shape index (κ2) is 7.91. The van der Waals surface area contributed by atoms with Crippen molar-refractivity contribution in [3.63, 3.8) is 0 Å². The molecule has 3 aromatic rings. The van der Waals surface area contributed by atoms with Gasteiger partial charge in [0.25, 0.3) is 0 Å². The zero-order valence-electron chi connectivity index (χ0n) is 17.7. The number of H-pyrrole nitrogens is 1. The van der Waals surface area contributed by atoms with Crippen LogP contribution in [0, 0.1) is 13.8 Å². The fourth-order valence-electron chi connectivity index (χ4n) is 4.35. The van der Waals surface area contributed by atoms with Gasteiger partial charge < -0.3 is 9.88 Å². The van der Waals surface area contributed by atoms with Crippen molar-refractivity contribution in [2.45, 2.75) is 45.7 Å². The van der Waals surface area contributed by atoms with Gasteiger partial charge in [-0.15, -0.1) is 0 Å². The maximum Gasteiger partial charge on any atom is 0.222 e. The summed E-state index contributed by atoms with van der Waals surface area (Å²) in [5.41, 5.74) is 5.04. The lowest BCUT2D eigenvalue weighted by atomic mass is 10.1. The number of sulfone groups is 1. The second-order valence-corrected chi connectivity index (χ2v) is 10.5. The second-order valence-electron chi connectivity index (χ2n) is 8.26. The van der Waals surface area contributed by atoms with Crippen molar-refractivity contribution >= 4 is 26.6 Å². The third-order valence-corrected chi connectivity index (χ3v) is 7.88. The van der Waals surface area contributed by atoms with E-state index in [1.54, 1.807) is 4.90 Å². The molecule has 0 aliphatic carbocycles. The van der Waals surface area contributed by atoms with Crippen molar-refractivity contribution in [2.24, 2.45) is 0 Å². The van der Waals surface area contributed by atoms with Crippen LogP contribution in [0.4, 0.5) is 0 Å². The maximum atomic E-state index is 12.8. The van der Waals surface area contributed by atoms with Crippen LogP contribution in [0.3, 0.4) is 0 Å². The minimum atomic E-state index is -2.97. The topological polar surface area (TPSA) is 88.1 Å². The number of rotatable bonds is 6. The van der Waals surface area contributed by atoms with Gasteiger partial charge in [0, 0.05) is 48.4 Å². The molecule has 0 saturated carbocycles. The lowest BCUT2D eigenvalue weighted by molar-refractivity contribution is -0.130. The number of aromatic nitrogens is 3. The number of aryl methyl sites for hydroxylation is 2. The van der Waals surface area contributed by atoms with Crippen LogP contribution in [0.1, 0.15) is 41.4 Å². The number of hydrogen-bond donors (Lipinski definition) is 1. The first-order valence-electron chi connectivity index (χ1n) is 10.3. The van der Waals surface area contributed by atoms with Crippen molar-refractivity contribution in [3.05, 3.63) is 53.0 Å². The normalized spacial score (nSPS) is 18.2. The zero-order valence-corrected chi connectivity index (χ0v) is 18.5. The molecule has 0 radical (unpaired) electrons. The van der Waals surface area contributed by atoms with Gasteiger partial charge in [-0.2, -0.15) is 5.10 Å². The summed E-state index contributed by atoms with van der Waals surface area (Å²) in [7, 11) is -1.16. The molecule has 0 spiro atoms. The van der Waals surface area contributed by atoms with E-state index in [1.807, 2.05) is 50.0 Å². The van der Waals surface area contributed by atoms with Gasteiger partial charge in [-0.25, -0.2) is 8.42 Å². The van der Waals surface area contributed by atoms with E-state index in [0.717, 1.165) is 33.4 Å². The molecule has 7 nitrogen and oxygen atoms in total. The van der Waals surface area contributed by atoms with Gasteiger partial charge in [0.1, 0.15) is 0 Å². The number of amides is 1. The lowest BCUT2D eigenvalue weighted by Gasteiger charge is -2.18. The minimum Gasteiger partial charge on any atom is -0.361 e. The molecule has 1 N–H and O–H groups in total. The van der Waals surface area contributed by atoms with E-state index in [1.165, 1.54) is 0 Å². The van der Waals surface area contributed by atoms with Crippen LogP contribution in [0.15, 0.2) is 30.5 Å².